The van der Waals surface area contributed by atoms with Crippen molar-refractivity contribution in [3.8, 4) is 0 Å². The van der Waals surface area contributed by atoms with Gasteiger partial charge in [0, 0.05) is 33.6 Å². The fourth-order valence-electron chi connectivity index (χ4n) is 3.79. The van der Waals surface area contributed by atoms with Crippen LogP contribution >= 0.6 is 0 Å². The van der Waals surface area contributed by atoms with E-state index in [1.54, 1.807) is 45.0 Å². The molecule has 0 fully saturated rings. The van der Waals surface area contributed by atoms with Gasteiger partial charge in [0.25, 0.3) is 5.92 Å². The Hall–Kier alpha value is -2.10. The van der Waals surface area contributed by atoms with Gasteiger partial charge >= 0.3 is 11.9 Å². The zero-order valence-electron chi connectivity index (χ0n) is 21.9. The standard InChI is InChI=1S/C26H39F2NO5Si/c1-24(2,3)34-22(30)20-13-14-26(27,28)25(17-20,23(31)33-15-16-35(5,6)7)29-21(18-32-4)19-11-9-8-10-12-19/h8-13,21,29H,14-18H2,1-7H3/t21-,25-/m0/s1. The van der Waals surface area contributed by atoms with Crippen molar-refractivity contribution in [3.05, 3.63) is 47.5 Å². The Balaban J connectivity index is 2.49. The fraction of sp³-hybridized carbons (Fsp3) is 0.615. The molecule has 0 aliphatic heterocycles. The summed E-state index contributed by atoms with van der Waals surface area (Å²) in [6.07, 6.45) is -0.197. The van der Waals surface area contributed by atoms with E-state index in [9.17, 15) is 9.59 Å². The van der Waals surface area contributed by atoms with Crippen molar-refractivity contribution in [2.45, 2.75) is 82.4 Å². The second kappa shape index (κ2) is 11.3. The molecule has 0 aromatic heterocycles. The van der Waals surface area contributed by atoms with Crippen LogP contribution in [0, 0.1) is 0 Å². The molecule has 0 saturated carbocycles. The molecule has 1 N–H and O–H groups in total. The lowest BCUT2D eigenvalue weighted by molar-refractivity contribution is -0.176. The molecule has 1 aliphatic carbocycles. The first-order chi connectivity index (χ1) is 16.1. The number of carbonyl (C=O) groups excluding carboxylic acids is 2. The minimum absolute atomic E-state index is 0.0183. The maximum absolute atomic E-state index is 15.7. The number of ether oxygens (including phenoxy) is 3. The third kappa shape index (κ3) is 7.95. The molecule has 1 aromatic carbocycles. The van der Waals surface area contributed by atoms with E-state index in [4.69, 9.17) is 14.2 Å². The summed E-state index contributed by atoms with van der Waals surface area (Å²) in [5, 5.41) is 2.89. The summed E-state index contributed by atoms with van der Waals surface area (Å²) in [6, 6.07) is 8.81. The van der Waals surface area contributed by atoms with E-state index in [2.05, 4.69) is 25.0 Å². The van der Waals surface area contributed by atoms with Crippen molar-refractivity contribution in [2.24, 2.45) is 0 Å². The third-order valence-electron chi connectivity index (χ3n) is 5.74. The topological polar surface area (TPSA) is 73.9 Å². The van der Waals surface area contributed by atoms with Crippen molar-refractivity contribution in [1.82, 2.24) is 5.32 Å². The second-order valence-corrected chi connectivity index (χ2v) is 16.9. The second-order valence-electron chi connectivity index (χ2n) is 11.2. The summed E-state index contributed by atoms with van der Waals surface area (Å²) in [6.45, 7) is 11.5. The number of esters is 2. The molecule has 1 aliphatic rings. The average Bonchev–Trinajstić information content (AvgIpc) is 2.73. The lowest BCUT2D eigenvalue weighted by Gasteiger charge is -2.43. The van der Waals surface area contributed by atoms with Crippen molar-refractivity contribution in [3.63, 3.8) is 0 Å². The lowest BCUT2D eigenvalue weighted by atomic mass is 9.77. The number of alkyl halides is 2. The van der Waals surface area contributed by atoms with Gasteiger partial charge in [-0.05, 0) is 32.4 Å². The molecule has 1 aromatic rings. The van der Waals surface area contributed by atoms with Gasteiger partial charge in [-0.1, -0.05) is 56.0 Å². The number of benzene rings is 1. The van der Waals surface area contributed by atoms with Crippen LogP contribution in [0.5, 0.6) is 0 Å². The Labute approximate surface area is 208 Å². The SMILES string of the molecule is COC[C@H](N[C@]1(C(=O)OCC[Si](C)(C)C)CC(C(=O)OC(C)(C)C)=CCC1(F)F)c1ccccc1. The molecular formula is C26H39F2NO5Si. The Kier molecular flexibility index (Phi) is 9.41. The molecule has 2 rings (SSSR count). The van der Waals surface area contributed by atoms with Crippen LogP contribution in [0.4, 0.5) is 8.78 Å². The van der Waals surface area contributed by atoms with Crippen molar-refractivity contribution < 1.29 is 32.6 Å². The Morgan fingerprint density at radius 3 is 2.31 bits per heavy atom. The average molecular weight is 512 g/mol. The van der Waals surface area contributed by atoms with Gasteiger partial charge in [0.1, 0.15) is 5.60 Å². The van der Waals surface area contributed by atoms with E-state index in [1.807, 2.05) is 6.07 Å². The van der Waals surface area contributed by atoms with E-state index in [0.717, 1.165) is 6.08 Å². The molecule has 0 amide bonds. The van der Waals surface area contributed by atoms with E-state index in [-0.39, 0.29) is 18.8 Å². The van der Waals surface area contributed by atoms with Crippen LogP contribution in [-0.2, 0) is 23.8 Å². The number of halogens is 2. The summed E-state index contributed by atoms with van der Waals surface area (Å²) in [4.78, 5) is 26.3. The first-order valence-electron chi connectivity index (χ1n) is 11.9. The Bertz CT molecular complexity index is 909. The van der Waals surface area contributed by atoms with Crippen molar-refractivity contribution >= 4 is 20.0 Å². The van der Waals surface area contributed by atoms with Crippen molar-refractivity contribution in [2.75, 3.05) is 20.3 Å². The zero-order valence-corrected chi connectivity index (χ0v) is 22.9. The van der Waals surface area contributed by atoms with Crippen LogP contribution in [0.25, 0.3) is 0 Å². The molecule has 0 saturated heterocycles. The van der Waals surface area contributed by atoms with Crippen LogP contribution < -0.4 is 5.32 Å². The Morgan fingerprint density at radius 1 is 1.14 bits per heavy atom. The van der Waals surface area contributed by atoms with Gasteiger partial charge < -0.3 is 14.2 Å². The van der Waals surface area contributed by atoms with Gasteiger partial charge in [0.2, 0.25) is 0 Å². The number of allylic oxidation sites excluding steroid dienone is 1. The van der Waals surface area contributed by atoms with Crippen LogP contribution in [-0.4, -0.2) is 57.4 Å². The molecule has 196 valence electrons. The molecule has 0 heterocycles. The molecule has 6 nitrogen and oxygen atoms in total. The number of rotatable bonds is 10. The Morgan fingerprint density at radius 2 is 1.77 bits per heavy atom. The van der Waals surface area contributed by atoms with Gasteiger partial charge in [0.05, 0.1) is 19.3 Å². The van der Waals surface area contributed by atoms with Gasteiger partial charge in [-0.2, -0.15) is 0 Å². The summed E-state index contributed by atoms with van der Waals surface area (Å²) < 4.78 is 47.7. The van der Waals surface area contributed by atoms with Crippen molar-refractivity contribution in [1.29, 1.82) is 0 Å². The highest BCUT2D eigenvalue weighted by atomic mass is 28.3. The summed E-state index contributed by atoms with van der Waals surface area (Å²) in [5.74, 6) is -5.32. The number of methoxy groups -OCH3 is 1. The summed E-state index contributed by atoms with van der Waals surface area (Å²) in [5.41, 5.74) is -2.58. The van der Waals surface area contributed by atoms with Gasteiger partial charge in [-0.15, -0.1) is 0 Å². The third-order valence-corrected chi connectivity index (χ3v) is 7.44. The number of nitrogens with one attached hydrogen (secondary N) is 1. The molecule has 0 spiro atoms. The van der Waals surface area contributed by atoms with E-state index in [0.29, 0.717) is 11.6 Å². The number of hydrogen-bond acceptors (Lipinski definition) is 6. The fourth-order valence-corrected chi connectivity index (χ4v) is 4.51. The largest absolute Gasteiger partial charge is 0.464 e. The smallest absolute Gasteiger partial charge is 0.334 e. The molecule has 0 radical (unpaired) electrons. The van der Waals surface area contributed by atoms with Gasteiger partial charge in [0.15, 0.2) is 5.54 Å². The highest BCUT2D eigenvalue weighted by Crippen LogP contribution is 2.44. The maximum Gasteiger partial charge on any atom is 0.334 e. The van der Waals surface area contributed by atoms with E-state index < -0.39 is 56.0 Å². The zero-order chi connectivity index (χ0) is 26.5. The lowest BCUT2D eigenvalue weighted by Crippen LogP contribution is -2.67. The van der Waals surface area contributed by atoms with Crippen LogP contribution in [0.15, 0.2) is 42.0 Å². The molecule has 2 atom stereocenters. The monoisotopic (exact) mass is 511 g/mol. The van der Waals surface area contributed by atoms with Crippen LogP contribution in [0.1, 0.15) is 45.2 Å². The minimum atomic E-state index is -3.52. The molecule has 0 unspecified atom stereocenters. The van der Waals surface area contributed by atoms with Crippen LogP contribution in [0.2, 0.25) is 25.7 Å². The number of carbonyl (C=O) groups is 2. The quantitative estimate of drug-likeness (QED) is 0.340. The summed E-state index contributed by atoms with van der Waals surface area (Å²) >= 11 is 0. The summed E-state index contributed by atoms with van der Waals surface area (Å²) in [7, 11) is -0.120. The predicted octanol–water partition coefficient (Wildman–Crippen LogP) is 5.28. The molecule has 0 bridgehead atoms. The first kappa shape index (κ1) is 29.1. The number of hydrogen-bond donors (Lipinski definition) is 1. The van der Waals surface area contributed by atoms with Crippen LogP contribution in [0.3, 0.4) is 0 Å². The highest BCUT2D eigenvalue weighted by Gasteiger charge is 2.63. The predicted molar refractivity (Wildman–Crippen MR) is 134 cm³/mol. The normalized spacial score (nSPS) is 21.1. The highest BCUT2D eigenvalue weighted by molar-refractivity contribution is 6.76. The first-order valence-corrected chi connectivity index (χ1v) is 15.6. The maximum atomic E-state index is 15.7. The minimum Gasteiger partial charge on any atom is -0.464 e. The molecule has 9 heteroatoms. The van der Waals surface area contributed by atoms with E-state index >= 15 is 8.78 Å². The molecular weight excluding hydrogens is 472 g/mol. The van der Waals surface area contributed by atoms with Gasteiger partial charge in [-0.3, -0.25) is 5.32 Å². The van der Waals surface area contributed by atoms with E-state index in [1.165, 1.54) is 7.11 Å². The molecule has 35 heavy (non-hydrogen) atoms. The van der Waals surface area contributed by atoms with Gasteiger partial charge in [-0.25, -0.2) is 18.4 Å².